The fourth-order valence-corrected chi connectivity index (χ4v) is 4.64. The van der Waals surface area contributed by atoms with Crippen molar-refractivity contribution in [3.63, 3.8) is 0 Å². The number of aliphatic hydroxyl groups is 1. The highest BCUT2D eigenvalue weighted by Gasteiger charge is 2.42. The maximum Gasteiger partial charge on any atom is 0.0710 e. The van der Waals surface area contributed by atoms with Gasteiger partial charge in [-0.2, -0.15) is 0 Å². The summed E-state index contributed by atoms with van der Waals surface area (Å²) in [5, 5.41) is 10.00. The third-order valence-corrected chi connectivity index (χ3v) is 5.62. The average Bonchev–Trinajstić information content (AvgIpc) is 2.95. The normalized spacial score (nSPS) is 36.9. The van der Waals surface area contributed by atoms with Gasteiger partial charge in [-0.3, -0.25) is 4.90 Å². The van der Waals surface area contributed by atoms with Gasteiger partial charge in [-0.05, 0) is 46.2 Å². The van der Waals surface area contributed by atoms with E-state index in [0.717, 1.165) is 26.1 Å². The number of likely N-dealkylation sites (N-methyl/N-ethyl adjacent to an activating group) is 1. The van der Waals surface area contributed by atoms with Crippen LogP contribution < -0.4 is 0 Å². The quantitative estimate of drug-likeness (QED) is 0.859. The summed E-state index contributed by atoms with van der Waals surface area (Å²) in [6, 6.07) is 0.488. The molecule has 122 valence electrons. The minimum Gasteiger partial charge on any atom is -0.392 e. The summed E-state index contributed by atoms with van der Waals surface area (Å²) in [5.41, 5.74) is 0.221. The van der Waals surface area contributed by atoms with Crippen molar-refractivity contribution in [3.8, 4) is 0 Å². The van der Waals surface area contributed by atoms with Gasteiger partial charge in [0.2, 0.25) is 0 Å². The van der Waals surface area contributed by atoms with E-state index in [2.05, 4.69) is 23.9 Å². The lowest BCUT2D eigenvalue weighted by atomic mass is 9.83. The van der Waals surface area contributed by atoms with Gasteiger partial charge in [0, 0.05) is 25.7 Å². The Bertz CT molecular complexity index is 342. The number of β-amino-alcohol motifs (C(OH)–C–C–N with tert-alkyl or cyclic N) is 1. The van der Waals surface area contributed by atoms with Gasteiger partial charge in [0.05, 0.1) is 17.8 Å². The highest BCUT2D eigenvalue weighted by atomic mass is 16.5. The lowest BCUT2D eigenvalue weighted by Gasteiger charge is -2.34. The molecule has 0 aromatic carbocycles. The first-order chi connectivity index (χ1) is 10.1. The van der Waals surface area contributed by atoms with Gasteiger partial charge in [0.1, 0.15) is 0 Å². The van der Waals surface area contributed by atoms with E-state index in [1.165, 1.54) is 44.9 Å². The van der Waals surface area contributed by atoms with Gasteiger partial charge in [-0.15, -0.1) is 0 Å². The van der Waals surface area contributed by atoms with Crippen molar-refractivity contribution in [3.05, 3.63) is 0 Å². The molecule has 2 saturated heterocycles. The van der Waals surface area contributed by atoms with E-state index in [0.29, 0.717) is 12.1 Å². The molecule has 4 nitrogen and oxygen atoms in total. The highest BCUT2D eigenvalue weighted by Crippen LogP contribution is 2.42. The summed E-state index contributed by atoms with van der Waals surface area (Å²) >= 11 is 0. The molecule has 2 aliphatic heterocycles. The molecule has 1 N–H and O–H groups in total. The largest absolute Gasteiger partial charge is 0.392 e. The molecule has 21 heavy (non-hydrogen) atoms. The molecule has 3 atom stereocenters. The van der Waals surface area contributed by atoms with Gasteiger partial charge in [-0.25, -0.2) is 0 Å². The molecule has 1 aliphatic carbocycles. The molecule has 0 amide bonds. The Morgan fingerprint density at radius 1 is 1.19 bits per heavy atom. The van der Waals surface area contributed by atoms with Crippen molar-refractivity contribution in [1.29, 1.82) is 0 Å². The molecule has 3 aliphatic rings. The van der Waals surface area contributed by atoms with Crippen molar-refractivity contribution in [2.24, 2.45) is 0 Å². The molecule has 1 spiro atoms. The van der Waals surface area contributed by atoms with E-state index in [4.69, 9.17) is 4.74 Å². The van der Waals surface area contributed by atoms with Crippen LogP contribution in [0.4, 0.5) is 0 Å². The van der Waals surface area contributed by atoms with Crippen molar-refractivity contribution < 1.29 is 9.84 Å². The minimum atomic E-state index is -0.153. The second-order valence-electron chi connectivity index (χ2n) is 7.78. The first-order valence-corrected chi connectivity index (χ1v) is 8.81. The number of hydrogen-bond donors (Lipinski definition) is 1. The molecule has 2 heterocycles. The molecule has 0 aromatic heterocycles. The Morgan fingerprint density at radius 2 is 1.95 bits per heavy atom. The van der Waals surface area contributed by atoms with Crippen LogP contribution in [-0.4, -0.2) is 72.5 Å². The van der Waals surface area contributed by atoms with Gasteiger partial charge >= 0.3 is 0 Å². The van der Waals surface area contributed by atoms with E-state index >= 15 is 0 Å². The molecule has 0 aromatic rings. The summed E-state index contributed by atoms with van der Waals surface area (Å²) in [7, 11) is 4.23. The van der Waals surface area contributed by atoms with E-state index in [1.54, 1.807) is 0 Å². The Morgan fingerprint density at radius 3 is 2.67 bits per heavy atom. The van der Waals surface area contributed by atoms with Crippen molar-refractivity contribution >= 4 is 0 Å². The number of nitrogens with zero attached hydrogens (tertiary/aromatic N) is 2. The van der Waals surface area contributed by atoms with Crippen LogP contribution in [0.3, 0.4) is 0 Å². The third-order valence-electron chi connectivity index (χ3n) is 5.62. The summed E-state index contributed by atoms with van der Waals surface area (Å²) in [4.78, 5) is 4.70. The van der Waals surface area contributed by atoms with Gasteiger partial charge in [-0.1, -0.05) is 19.3 Å². The molecular weight excluding hydrogens is 264 g/mol. The van der Waals surface area contributed by atoms with Crippen LogP contribution >= 0.6 is 0 Å². The number of aliphatic hydroxyl groups excluding tert-OH is 1. The average molecular weight is 296 g/mol. The smallest absolute Gasteiger partial charge is 0.0710 e. The van der Waals surface area contributed by atoms with Gasteiger partial charge in [0.15, 0.2) is 0 Å². The van der Waals surface area contributed by atoms with Crippen LogP contribution in [0.15, 0.2) is 0 Å². The SMILES string of the molecule is CN(C)CC1CC(O)CN1CC1CCC2(CCCCC2)O1. The number of likely N-dealkylation sites (tertiary alicyclic amines) is 1. The first kappa shape index (κ1) is 15.7. The zero-order valence-corrected chi connectivity index (χ0v) is 13.8. The zero-order valence-electron chi connectivity index (χ0n) is 13.8. The van der Waals surface area contributed by atoms with Crippen LogP contribution in [0, 0.1) is 0 Å². The molecular formula is C17H32N2O2. The van der Waals surface area contributed by atoms with Crippen LogP contribution in [0.5, 0.6) is 0 Å². The van der Waals surface area contributed by atoms with Gasteiger partial charge in [0.25, 0.3) is 0 Å². The third kappa shape index (κ3) is 3.79. The van der Waals surface area contributed by atoms with Crippen molar-refractivity contribution in [2.75, 3.05) is 33.7 Å². The second kappa shape index (κ2) is 6.53. The maximum atomic E-state index is 10.00. The fraction of sp³-hybridized carbons (Fsp3) is 1.00. The second-order valence-corrected chi connectivity index (χ2v) is 7.78. The van der Waals surface area contributed by atoms with Gasteiger partial charge < -0.3 is 14.7 Å². The maximum absolute atomic E-state index is 10.00. The summed E-state index contributed by atoms with van der Waals surface area (Å²) in [5.74, 6) is 0. The predicted octanol–water partition coefficient (Wildman–Crippen LogP) is 1.87. The summed E-state index contributed by atoms with van der Waals surface area (Å²) in [6.07, 6.45) is 10.2. The Labute approximate surface area is 129 Å². The minimum absolute atomic E-state index is 0.153. The monoisotopic (exact) mass is 296 g/mol. The Balaban J connectivity index is 1.54. The first-order valence-electron chi connectivity index (χ1n) is 8.81. The van der Waals surface area contributed by atoms with E-state index < -0.39 is 0 Å². The molecule has 4 heteroatoms. The van der Waals surface area contributed by atoms with Crippen LogP contribution in [-0.2, 0) is 4.74 Å². The van der Waals surface area contributed by atoms with Crippen LogP contribution in [0.25, 0.3) is 0 Å². The number of hydrogen-bond acceptors (Lipinski definition) is 4. The van der Waals surface area contributed by atoms with Crippen molar-refractivity contribution in [1.82, 2.24) is 9.80 Å². The lowest BCUT2D eigenvalue weighted by molar-refractivity contribution is -0.0734. The predicted molar refractivity (Wildman–Crippen MR) is 84.5 cm³/mol. The zero-order chi connectivity index (χ0) is 14.9. The molecule has 3 fully saturated rings. The summed E-state index contributed by atoms with van der Waals surface area (Å²) < 4.78 is 6.50. The fourth-order valence-electron chi connectivity index (χ4n) is 4.64. The standard InChI is InChI=1S/C17H32N2O2/c1-18(2)11-14-10-15(20)12-19(14)13-16-6-9-17(21-16)7-4-3-5-8-17/h14-16,20H,3-13H2,1-2H3. The van der Waals surface area contributed by atoms with Crippen LogP contribution in [0.2, 0.25) is 0 Å². The molecule has 3 rings (SSSR count). The van der Waals surface area contributed by atoms with Crippen molar-refractivity contribution in [2.45, 2.75) is 75.2 Å². The molecule has 0 radical (unpaired) electrons. The van der Waals surface area contributed by atoms with E-state index in [9.17, 15) is 5.11 Å². The molecule has 0 bridgehead atoms. The Hall–Kier alpha value is -0.160. The number of rotatable bonds is 4. The number of ether oxygens (including phenoxy) is 1. The summed E-state index contributed by atoms with van der Waals surface area (Å²) in [6.45, 7) is 2.87. The van der Waals surface area contributed by atoms with Crippen LogP contribution in [0.1, 0.15) is 51.4 Å². The molecule has 1 saturated carbocycles. The molecule has 3 unspecified atom stereocenters. The Kier molecular flexibility index (Phi) is 4.89. The topological polar surface area (TPSA) is 35.9 Å². The highest BCUT2D eigenvalue weighted by molar-refractivity contribution is 4.94. The van der Waals surface area contributed by atoms with E-state index in [1.807, 2.05) is 0 Å². The lowest BCUT2D eigenvalue weighted by Crippen LogP contribution is -2.42. The van der Waals surface area contributed by atoms with E-state index in [-0.39, 0.29) is 11.7 Å².